The fraction of sp³-hybridized carbons (Fsp3) is 0.778. The summed E-state index contributed by atoms with van der Waals surface area (Å²) in [6.07, 6.45) is 1.01. The molecular weight excluding hydrogens is 168 g/mol. The second-order valence-corrected chi connectivity index (χ2v) is 3.60. The van der Waals surface area contributed by atoms with E-state index in [-0.39, 0.29) is 17.7 Å². The number of rotatable bonds is 3. The Kier molecular flexibility index (Phi) is 3.03. The predicted octanol–water partition coefficient (Wildman–Crippen LogP) is 0.433. The number of hydrazine groups is 1. The average molecular weight is 184 g/mol. The zero-order valence-corrected chi connectivity index (χ0v) is 8.41. The highest BCUT2D eigenvalue weighted by Crippen LogP contribution is 2.16. The Labute approximate surface area is 78.5 Å². The quantitative estimate of drug-likeness (QED) is 0.638. The van der Waals surface area contributed by atoms with Gasteiger partial charge in [0.2, 0.25) is 5.91 Å². The lowest BCUT2D eigenvalue weighted by molar-refractivity contribution is -0.137. The van der Waals surface area contributed by atoms with Crippen LogP contribution in [0.15, 0.2) is 0 Å². The van der Waals surface area contributed by atoms with E-state index in [1.165, 1.54) is 0 Å². The van der Waals surface area contributed by atoms with E-state index in [1.54, 1.807) is 11.9 Å². The van der Waals surface area contributed by atoms with Crippen molar-refractivity contribution in [2.24, 2.45) is 0 Å². The highest BCUT2D eigenvalue weighted by molar-refractivity contribution is 5.80. The van der Waals surface area contributed by atoms with Gasteiger partial charge in [0.1, 0.15) is 5.78 Å². The molecule has 0 aromatic heterocycles. The first-order valence-corrected chi connectivity index (χ1v) is 4.55. The molecule has 1 heterocycles. The Morgan fingerprint density at radius 2 is 2.23 bits per heavy atom. The average Bonchev–Trinajstić information content (AvgIpc) is 2.24. The minimum atomic E-state index is 0.122. The third-order valence-corrected chi connectivity index (χ3v) is 2.45. The smallest absolute Gasteiger partial charge is 0.238 e. The van der Waals surface area contributed by atoms with Crippen molar-refractivity contribution in [3.8, 4) is 0 Å². The van der Waals surface area contributed by atoms with Gasteiger partial charge in [0.05, 0.1) is 0 Å². The monoisotopic (exact) mass is 184 g/mol. The van der Waals surface area contributed by atoms with Crippen molar-refractivity contribution in [2.45, 2.75) is 32.7 Å². The molecule has 0 spiro atoms. The molecule has 1 amide bonds. The summed E-state index contributed by atoms with van der Waals surface area (Å²) >= 11 is 0. The molecule has 1 unspecified atom stereocenters. The van der Waals surface area contributed by atoms with E-state index in [4.69, 9.17) is 0 Å². The molecule has 0 bridgehead atoms. The van der Waals surface area contributed by atoms with Crippen molar-refractivity contribution in [3.05, 3.63) is 0 Å². The van der Waals surface area contributed by atoms with Gasteiger partial charge < -0.3 is 0 Å². The van der Waals surface area contributed by atoms with Gasteiger partial charge in [-0.1, -0.05) is 0 Å². The van der Waals surface area contributed by atoms with Crippen molar-refractivity contribution < 1.29 is 9.59 Å². The number of hydrogen-bond acceptors (Lipinski definition) is 3. The van der Waals surface area contributed by atoms with Crippen LogP contribution in [0.5, 0.6) is 0 Å². The fourth-order valence-corrected chi connectivity index (χ4v) is 1.45. The molecule has 1 saturated heterocycles. The number of nitrogens with zero attached hydrogens (tertiary/aromatic N) is 2. The standard InChI is InChI=1S/C9H16N2O2/c1-7-6-9(13)11(10(7)3)5-4-8(2)12/h7H,4-6H2,1-3H3. The van der Waals surface area contributed by atoms with Crippen LogP contribution in [0, 0.1) is 0 Å². The molecule has 0 saturated carbocycles. The number of ketones is 1. The summed E-state index contributed by atoms with van der Waals surface area (Å²) in [5.41, 5.74) is 0. The zero-order valence-electron chi connectivity index (χ0n) is 8.41. The summed E-state index contributed by atoms with van der Waals surface area (Å²) in [7, 11) is 1.88. The van der Waals surface area contributed by atoms with Crippen molar-refractivity contribution in [1.82, 2.24) is 10.0 Å². The van der Waals surface area contributed by atoms with Crippen molar-refractivity contribution >= 4 is 11.7 Å². The molecule has 13 heavy (non-hydrogen) atoms. The molecule has 74 valence electrons. The molecule has 1 atom stereocenters. The number of amides is 1. The van der Waals surface area contributed by atoms with Crippen LogP contribution in [-0.2, 0) is 9.59 Å². The molecular formula is C9H16N2O2. The fourth-order valence-electron chi connectivity index (χ4n) is 1.45. The second kappa shape index (κ2) is 3.87. The van der Waals surface area contributed by atoms with Gasteiger partial charge in [0.15, 0.2) is 0 Å². The van der Waals surface area contributed by atoms with E-state index in [9.17, 15) is 9.59 Å². The first-order valence-electron chi connectivity index (χ1n) is 4.55. The maximum absolute atomic E-state index is 11.4. The molecule has 0 N–H and O–H groups in total. The summed E-state index contributed by atoms with van der Waals surface area (Å²) in [6, 6.07) is 0.263. The molecule has 4 nitrogen and oxygen atoms in total. The maximum atomic E-state index is 11.4. The zero-order chi connectivity index (χ0) is 10.0. The SMILES string of the molecule is CC(=O)CCN1C(=O)CC(C)N1C. The van der Waals surface area contributed by atoms with E-state index in [1.807, 2.05) is 19.0 Å². The van der Waals surface area contributed by atoms with Gasteiger partial charge in [0, 0.05) is 32.5 Å². The van der Waals surface area contributed by atoms with Crippen molar-refractivity contribution in [2.75, 3.05) is 13.6 Å². The first kappa shape index (κ1) is 10.2. The van der Waals surface area contributed by atoms with Crippen molar-refractivity contribution in [1.29, 1.82) is 0 Å². The summed E-state index contributed by atoms with van der Waals surface area (Å²) in [4.78, 5) is 22.1. The molecule has 4 heteroatoms. The van der Waals surface area contributed by atoms with Gasteiger partial charge >= 0.3 is 0 Å². The lowest BCUT2D eigenvalue weighted by Crippen LogP contribution is -2.39. The highest BCUT2D eigenvalue weighted by atomic mass is 16.2. The Hall–Kier alpha value is -0.900. The first-order chi connectivity index (χ1) is 6.02. The van der Waals surface area contributed by atoms with Crippen molar-refractivity contribution in [3.63, 3.8) is 0 Å². The molecule has 0 aromatic rings. The van der Waals surface area contributed by atoms with Crippen LogP contribution in [0.3, 0.4) is 0 Å². The lowest BCUT2D eigenvalue weighted by Gasteiger charge is -2.26. The van der Waals surface area contributed by atoms with E-state index in [2.05, 4.69) is 0 Å². The largest absolute Gasteiger partial charge is 0.300 e. The third-order valence-electron chi connectivity index (χ3n) is 2.45. The van der Waals surface area contributed by atoms with Gasteiger partial charge in [-0.05, 0) is 13.8 Å². The highest BCUT2D eigenvalue weighted by Gasteiger charge is 2.31. The Balaban J connectivity index is 2.49. The lowest BCUT2D eigenvalue weighted by atomic mass is 10.2. The van der Waals surface area contributed by atoms with E-state index < -0.39 is 0 Å². The Morgan fingerprint density at radius 3 is 2.62 bits per heavy atom. The topological polar surface area (TPSA) is 40.6 Å². The van der Waals surface area contributed by atoms with Gasteiger partial charge in [-0.3, -0.25) is 14.6 Å². The summed E-state index contributed by atoms with van der Waals surface area (Å²) < 4.78 is 0. The molecule has 1 aliphatic rings. The number of carbonyl (C=O) groups excluding carboxylic acids is 2. The molecule has 1 fully saturated rings. The Bertz CT molecular complexity index is 228. The van der Waals surface area contributed by atoms with Gasteiger partial charge in [-0.25, -0.2) is 5.01 Å². The molecule has 0 aromatic carbocycles. The predicted molar refractivity (Wildman–Crippen MR) is 48.9 cm³/mol. The second-order valence-electron chi connectivity index (χ2n) is 3.60. The Morgan fingerprint density at radius 1 is 1.62 bits per heavy atom. The summed E-state index contributed by atoms with van der Waals surface area (Å²) in [5, 5.41) is 3.57. The van der Waals surface area contributed by atoms with Crippen LogP contribution in [0.25, 0.3) is 0 Å². The number of hydrogen-bond donors (Lipinski definition) is 0. The molecule has 1 aliphatic heterocycles. The van der Waals surface area contributed by atoms with E-state index in [0.29, 0.717) is 19.4 Å². The van der Waals surface area contributed by atoms with Gasteiger partial charge in [-0.2, -0.15) is 0 Å². The van der Waals surface area contributed by atoms with Gasteiger partial charge in [0.25, 0.3) is 0 Å². The molecule has 0 radical (unpaired) electrons. The normalized spacial score (nSPS) is 24.1. The van der Waals surface area contributed by atoms with Gasteiger partial charge in [-0.15, -0.1) is 0 Å². The summed E-state index contributed by atoms with van der Waals surface area (Å²) in [6.45, 7) is 4.07. The number of carbonyl (C=O) groups is 2. The van der Waals surface area contributed by atoms with E-state index in [0.717, 1.165) is 0 Å². The van der Waals surface area contributed by atoms with Crippen LogP contribution >= 0.6 is 0 Å². The van der Waals surface area contributed by atoms with Crippen LogP contribution in [0.2, 0.25) is 0 Å². The van der Waals surface area contributed by atoms with Crippen LogP contribution in [0.1, 0.15) is 26.7 Å². The van der Waals surface area contributed by atoms with E-state index >= 15 is 0 Å². The molecule has 1 rings (SSSR count). The van der Waals surface area contributed by atoms with Crippen LogP contribution in [-0.4, -0.2) is 41.3 Å². The third kappa shape index (κ3) is 2.28. The molecule has 0 aliphatic carbocycles. The summed E-state index contributed by atoms with van der Waals surface area (Å²) in [5.74, 6) is 0.247. The van der Waals surface area contributed by atoms with Crippen LogP contribution < -0.4 is 0 Å². The minimum absolute atomic E-state index is 0.122. The maximum Gasteiger partial charge on any atom is 0.238 e. The number of Topliss-reactive ketones (excluding diaryl/α,β-unsaturated/α-hetero) is 1. The minimum Gasteiger partial charge on any atom is -0.300 e. The van der Waals surface area contributed by atoms with Crippen LogP contribution in [0.4, 0.5) is 0 Å².